The van der Waals surface area contributed by atoms with E-state index < -0.39 is 6.04 Å². The number of aryl methyl sites for hydroxylation is 1. The summed E-state index contributed by atoms with van der Waals surface area (Å²) in [5.41, 5.74) is 7.33. The minimum absolute atomic E-state index is 0.0406. The van der Waals surface area contributed by atoms with Crippen LogP contribution in [-0.2, 0) is 11.2 Å². The quantitative estimate of drug-likeness (QED) is 0.773. The second-order valence-corrected chi connectivity index (χ2v) is 6.99. The minimum atomic E-state index is -0.412. The second-order valence-electron chi connectivity index (χ2n) is 6.99. The Morgan fingerprint density at radius 3 is 2.43 bits per heavy atom. The first-order chi connectivity index (χ1) is 9.82. The SMILES string of the molecule is CC(C)[C@H](N)C(=O)NCC(C)(C)CCCc1ccccc1. The molecule has 21 heavy (non-hydrogen) atoms. The molecule has 0 aliphatic heterocycles. The smallest absolute Gasteiger partial charge is 0.237 e. The van der Waals surface area contributed by atoms with Crippen LogP contribution in [0.25, 0.3) is 0 Å². The van der Waals surface area contributed by atoms with Crippen LogP contribution in [0.3, 0.4) is 0 Å². The molecule has 0 unspecified atom stereocenters. The van der Waals surface area contributed by atoms with Crippen molar-refractivity contribution in [3.63, 3.8) is 0 Å². The molecule has 0 radical (unpaired) electrons. The lowest BCUT2D eigenvalue weighted by atomic mass is 9.86. The van der Waals surface area contributed by atoms with Crippen LogP contribution in [0, 0.1) is 11.3 Å². The van der Waals surface area contributed by atoms with Crippen LogP contribution in [0.2, 0.25) is 0 Å². The van der Waals surface area contributed by atoms with E-state index in [2.05, 4.69) is 43.4 Å². The van der Waals surface area contributed by atoms with E-state index in [1.165, 1.54) is 5.56 Å². The number of hydrogen-bond acceptors (Lipinski definition) is 2. The minimum Gasteiger partial charge on any atom is -0.354 e. The molecule has 0 aliphatic rings. The molecule has 0 bridgehead atoms. The molecule has 0 aromatic heterocycles. The van der Waals surface area contributed by atoms with E-state index in [1.54, 1.807) is 0 Å². The van der Waals surface area contributed by atoms with Gasteiger partial charge in [0.1, 0.15) is 0 Å². The third-order valence-corrected chi connectivity index (χ3v) is 3.92. The number of benzene rings is 1. The monoisotopic (exact) mass is 290 g/mol. The molecule has 0 spiro atoms. The van der Waals surface area contributed by atoms with Gasteiger partial charge in [-0.2, -0.15) is 0 Å². The first-order valence-corrected chi connectivity index (χ1v) is 7.89. The van der Waals surface area contributed by atoms with E-state index in [0.29, 0.717) is 6.54 Å². The molecular formula is C18H30N2O. The largest absolute Gasteiger partial charge is 0.354 e. The average Bonchev–Trinajstić information content (AvgIpc) is 2.45. The topological polar surface area (TPSA) is 55.1 Å². The second kappa shape index (κ2) is 8.18. The van der Waals surface area contributed by atoms with Crippen LogP contribution in [0.15, 0.2) is 30.3 Å². The molecule has 3 N–H and O–H groups in total. The summed E-state index contributed by atoms with van der Waals surface area (Å²) in [4.78, 5) is 11.9. The van der Waals surface area contributed by atoms with Crippen molar-refractivity contribution in [3.8, 4) is 0 Å². The highest BCUT2D eigenvalue weighted by Crippen LogP contribution is 2.22. The number of carbonyl (C=O) groups excluding carboxylic acids is 1. The summed E-state index contributed by atoms with van der Waals surface area (Å²) >= 11 is 0. The first-order valence-electron chi connectivity index (χ1n) is 7.89. The molecule has 0 heterocycles. The highest BCUT2D eigenvalue weighted by atomic mass is 16.2. The van der Waals surface area contributed by atoms with Crippen molar-refractivity contribution in [2.45, 2.75) is 53.0 Å². The number of nitrogens with two attached hydrogens (primary N) is 1. The van der Waals surface area contributed by atoms with Gasteiger partial charge in [-0.3, -0.25) is 4.79 Å². The van der Waals surface area contributed by atoms with Gasteiger partial charge in [-0.05, 0) is 36.2 Å². The molecular weight excluding hydrogens is 260 g/mol. The molecule has 0 aliphatic carbocycles. The molecule has 1 amide bonds. The van der Waals surface area contributed by atoms with Crippen LogP contribution in [0.1, 0.15) is 46.1 Å². The van der Waals surface area contributed by atoms with Crippen molar-refractivity contribution in [3.05, 3.63) is 35.9 Å². The fraction of sp³-hybridized carbons (Fsp3) is 0.611. The Hall–Kier alpha value is -1.35. The van der Waals surface area contributed by atoms with E-state index in [-0.39, 0.29) is 17.2 Å². The summed E-state index contributed by atoms with van der Waals surface area (Å²) in [5.74, 6) is 0.132. The Morgan fingerprint density at radius 1 is 1.24 bits per heavy atom. The number of rotatable bonds is 8. The molecule has 118 valence electrons. The first kappa shape index (κ1) is 17.7. The molecule has 1 aromatic carbocycles. The molecule has 1 aromatic rings. The van der Waals surface area contributed by atoms with Gasteiger partial charge in [0.05, 0.1) is 6.04 Å². The summed E-state index contributed by atoms with van der Waals surface area (Å²) in [6, 6.07) is 10.1. The van der Waals surface area contributed by atoms with Crippen LogP contribution in [0.5, 0.6) is 0 Å². The average molecular weight is 290 g/mol. The Balaban J connectivity index is 2.31. The van der Waals surface area contributed by atoms with Gasteiger partial charge in [0.25, 0.3) is 0 Å². The Labute approximate surface area is 129 Å². The standard InChI is InChI=1S/C18H30N2O/c1-14(2)16(19)17(21)20-13-18(3,4)12-8-11-15-9-6-5-7-10-15/h5-7,9-10,14,16H,8,11-13,19H2,1-4H3,(H,20,21)/t16-/m0/s1. The van der Waals surface area contributed by atoms with Gasteiger partial charge in [0.2, 0.25) is 5.91 Å². The molecule has 0 saturated carbocycles. The molecule has 1 rings (SSSR count). The van der Waals surface area contributed by atoms with E-state index in [4.69, 9.17) is 5.73 Å². The van der Waals surface area contributed by atoms with Crippen LogP contribution >= 0.6 is 0 Å². The van der Waals surface area contributed by atoms with Crippen molar-refractivity contribution in [2.24, 2.45) is 17.1 Å². The zero-order valence-corrected chi connectivity index (χ0v) is 13.9. The van der Waals surface area contributed by atoms with Crippen molar-refractivity contribution in [2.75, 3.05) is 6.54 Å². The van der Waals surface area contributed by atoms with Crippen molar-refractivity contribution in [1.82, 2.24) is 5.32 Å². The summed E-state index contributed by atoms with van der Waals surface area (Å²) in [6.07, 6.45) is 3.30. The van der Waals surface area contributed by atoms with Gasteiger partial charge in [0.15, 0.2) is 0 Å². The summed E-state index contributed by atoms with van der Waals surface area (Å²) in [7, 11) is 0. The van der Waals surface area contributed by atoms with Gasteiger partial charge in [-0.25, -0.2) is 0 Å². The van der Waals surface area contributed by atoms with E-state index in [1.807, 2.05) is 19.9 Å². The molecule has 0 saturated heterocycles. The summed E-state index contributed by atoms with van der Waals surface area (Å²) in [5, 5.41) is 2.99. The fourth-order valence-electron chi connectivity index (χ4n) is 2.25. The zero-order chi connectivity index (χ0) is 15.9. The van der Waals surface area contributed by atoms with E-state index in [0.717, 1.165) is 19.3 Å². The van der Waals surface area contributed by atoms with Crippen molar-refractivity contribution < 1.29 is 4.79 Å². The van der Waals surface area contributed by atoms with Crippen LogP contribution in [-0.4, -0.2) is 18.5 Å². The van der Waals surface area contributed by atoms with Gasteiger partial charge < -0.3 is 11.1 Å². The Bertz CT molecular complexity index is 426. The number of amides is 1. The number of carbonyl (C=O) groups is 1. The maximum atomic E-state index is 11.9. The lowest BCUT2D eigenvalue weighted by molar-refractivity contribution is -0.123. The summed E-state index contributed by atoms with van der Waals surface area (Å²) < 4.78 is 0. The molecule has 0 fully saturated rings. The predicted octanol–water partition coefficient (Wildman–Crippen LogP) is 3.14. The van der Waals surface area contributed by atoms with E-state index in [9.17, 15) is 4.79 Å². The lowest BCUT2D eigenvalue weighted by Crippen LogP contribution is -2.46. The molecule has 1 atom stereocenters. The van der Waals surface area contributed by atoms with Gasteiger partial charge in [0, 0.05) is 6.54 Å². The number of nitrogens with one attached hydrogen (secondary N) is 1. The third kappa shape index (κ3) is 6.76. The lowest BCUT2D eigenvalue weighted by Gasteiger charge is -2.26. The Morgan fingerprint density at radius 2 is 1.86 bits per heavy atom. The zero-order valence-electron chi connectivity index (χ0n) is 13.9. The summed E-state index contributed by atoms with van der Waals surface area (Å²) in [6.45, 7) is 9.00. The number of hydrogen-bond donors (Lipinski definition) is 2. The molecule has 3 heteroatoms. The van der Waals surface area contributed by atoms with Crippen molar-refractivity contribution >= 4 is 5.91 Å². The predicted molar refractivity (Wildman–Crippen MR) is 89.0 cm³/mol. The fourth-order valence-corrected chi connectivity index (χ4v) is 2.25. The van der Waals surface area contributed by atoms with Gasteiger partial charge in [-0.1, -0.05) is 58.0 Å². The highest BCUT2D eigenvalue weighted by Gasteiger charge is 2.22. The van der Waals surface area contributed by atoms with Gasteiger partial charge in [-0.15, -0.1) is 0 Å². The van der Waals surface area contributed by atoms with Crippen LogP contribution in [0.4, 0.5) is 0 Å². The van der Waals surface area contributed by atoms with Crippen molar-refractivity contribution in [1.29, 1.82) is 0 Å². The Kier molecular flexibility index (Phi) is 6.90. The molecule has 3 nitrogen and oxygen atoms in total. The maximum Gasteiger partial charge on any atom is 0.237 e. The normalized spacial score (nSPS) is 13.2. The highest BCUT2D eigenvalue weighted by molar-refractivity contribution is 5.81. The van der Waals surface area contributed by atoms with E-state index >= 15 is 0 Å². The van der Waals surface area contributed by atoms with Crippen LogP contribution < -0.4 is 11.1 Å². The maximum absolute atomic E-state index is 11.9. The van der Waals surface area contributed by atoms with Gasteiger partial charge >= 0.3 is 0 Å². The third-order valence-electron chi connectivity index (χ3n) is 3.92.